The van der Waals surface area contributed by atoms with E-state index >= 15 is 0 Å². The third-order valence-corrected chi connectivity index (χ3v) is 3.81. The lowest BCUT2D eigenvalue weighted by atomic mass is 10.1. The molecule has 1 N–H and O–H groups in total. The van der Waals surface area contributed by atoms with Crippen LogP contribution < -0.4 is 0 Å². The second-order valence-corrected chi connectivity index (χ2v) is 5.24. The lowest BCUT2D eigenvalue weighted by Crippen LogP contribution is -2.49. The summed E-state index contributed by atoms with van der Waals surface area (Å²) >= 11 is 1.64. The number of ether oxygens (including phenoxy) is 1. The highest BCUT2D eigenvalue weighted by atomic mass is 32.1. The number of hydrogen-bond acceptors (Lipinski definition) is 4. The maximum Gasteiger partial charge on any atom is 0.320 e. The summed E-state index contributed by atoms with van der Waals surface area (Å²) in [5.41, 5.74) is 1.14. The minimum absolute atomic E-state index is 0.00759. The summed E-state index contributed by atoms with van der Waals surface area (Å²) in [6.07, 6.45) is 0.0576. The van der Waals surface area contributed by atoms with Crippen LogP contribution in [-0.4, -0.2) is 41.2 Å². The van der Waals surface area contributed by atoms with Crippen molar-refractivity contribution in [3.8, 4) is 0 Å². The molecule has 0 amide bonds. The van der Waals surface area contributed by atoms with E-state index in [2.05, 4.69) is 5.38 Å². The minimum Gasteiger partial charge on any atom is -0.480 e. The molecule has 2 heterocycles. The van der Waals surface area contributed by atoms with Gasteiger partial charge in [0.25, 0.3) is 0 Å². The van der Waals surface area contributed by atoms with E-state index in [0.29, 0.717) is 13.1 Å². The smallest absolute Gasteiger partial charge is 0.320 e. The van der Waals surface area contributed by atoms with Crippen LogP contribution in [0.15, 0.2) is 16.8 Å². The van der Waals surface area contributed by atoms with E-state index in [1.807, 2.05) is 23.3 Å². The van der Waals surface area contributed by atoms with Gasteiger partial charge in [-0.25, -0.2) is 0 Å². The van der Waals surface area contributed by atoms with Gasteiger partial charge < -0.3 is 9.84 Å². The van der Waals surface area contributed by atoms with Gasteiger partial charge in [0.2, 0.25) is 0 Å². The van der Waals surface area contributed by atoms with E-state index in [0.717, 1.165) is 5.56 Å². The SMILES string of the molecule is C[C@@H]1CN([C@H](C)C(=O)O)C[C@@H](c2ccsc2)O1. The monoisotopic (exact) mass is 255 g/mol. The largest absolute Gasteiger partial charge is 0.480 e. The van der Waals surface area contributed by atoms with Gasteiger partial charge in [0.05, 0.1) is 12.2 Å². The molecule has 3 atom stereocenters. The average molecular weight is 255 g/mol. The van der Waals surface area contributed by atoms with Crippen LogP contribution in [0.4, 0.5) is 0 Å². The number of morpholine rings is 1. The molecule has 4 nitrogen and oxygen atoms in total. The molecular weight excluding hydrogens is 238 g/mol. The maximum absolute atomic E-state index is 11.0. The molecule has 5 heteroatoms. The van der Waals surface area contributed by atoms with Crippen molar-refractivity contribution in [1.29, 1.82) is 0 Å². The van der Waals surface area contributed by atoms with Crippen molar-refractivity contribution < 1.29 is 14.6 Å². The summed E-state index contributed by atoms with van der Waals surface area (Å²) in [6.45, 7) is 5.04. The van der Waals surface area contributed by atoms with Crippen LogP contribution in [0.5, 0.6) is 0 Å². The zero-order chi connectivity index (χ0) is 12.4. The number of hydrogen-bond donors (Lipinski definition) is 1. The molecule has 17 heavy (non-hydrogen) atoms. The first-order chi connectivity index (χ1) is 8.08. The van der Waals surface area contributed by atoms with Crippen LogP contribution in [0.2, 0.25) is 0 Å². The van der Waals surface area contributed by atoms with E-state index < -0.39 is 12.0 Å². The van der Waals surface area contributed by atoms with E-state index in [4.69, 9.17) is 9.84 Å². The molecule has 1 fully saturated rings. The van der Waals surface area contributed by atoms with Gasteiger partial charge in [-0.15, -0.1) is 0 Å². The fourth-order valence-electron chi connectivity index (χ4n) is 2.10. The molecule has 1 aliphatic rings. The Kier molecular flexibility index (Phi) is 3.81. The Bertz CT molecular complexity index is 379. The van der Waals surface area contributed by atoms with Gasteiger partial charge in [-0.3, -0.25) is 9.69 Å². The molecule has 0 unspecified atom stereocenters. The van der Waals surface area contributed by atoms with Crippen molar-refractivity contribution >= 4 is 17.3 Å². The van der Waals surface area contributed by atoms with Crippen LogP contribution >= 0.6 is 11.3 Å². The summed E-state index contributed by atoms with van der Waals surface area (Å²) in [6, 6.07) is 1.58. The number of nitrogens with zero attached hydrogens (tertiary/aromatic N) is 1. The zero-order valence-electron chi connectivity index (χ0n) is 10.00. The highest BCUT2D eigenvalue weighted by molar-refractivity contribution is 7.07. The molecule has 0 spiro atoms. The molecule has 1 saturated heterocycles. The van der Waals surface area contributed by atoms with E-state index in [1.165, 1.54) is 0 Å². The molecule has 0 aromatic carbocycles. The summed E-state index contributed by atoms with van der Waals surface area (Å²) in [5.74, 6) is -0.775. The number of carboxylic acid groups (broad SMARTS) is 1. The van der Waals surface area contributed by atoms with Crippen LogP contribution in [0.25, 0.3) is 0 Å². The molecular formula is C12H17NO3S. The van der Waals surface area contributed by atoms with Crippen molar-refractivity contribution in [3.63, 3.8) is 0 Å². The number of carbonyl (C=O) groups is 1. The molecule has 94 valence electrons. The van der Waals surface area contributed by atoms with E-state index in [1.54, 1.807) is 18.3 Å². The number of carboxylic acids is 1. The lowest BCUT2D eigenvalue weighted by molar-refractivity contribution is -0.148. The molecule has 2 rings (SSSR count). The third kappa shape index (κ3) is 2.86. The van der Waals surface area contributed by atoms with Gasteiger partial charge in [0.15, 0.2) is 0 Å². The predicted octanol–water partition coefficient (Wildman–Crippen LogP) is 1.98. The van der Waals surface area contributed by atoms with Gasteiger partial charge in [0.1, 0.15) is 6.04 Å². The van der Waals surface area contributed by atoms with Gasteiger partial charge in [0, 0.05) is 13.1 Å². The Balaban J connectivity index is 2.09. The summed E-state index contributed by atoms with van der Waals surface area (Å²) in [5, 5.41) is 13.1. The third-order valence-electron chi connectivity index (χ3n) is 3.11. The van der Waals surface area contributed by atoms with Crippen LogP contribution in [0.3, 0.4) is 0 Å². The average Bonchev–Trinajstić information content (AvgIpc) is 2.80. The number of rotatable bonds is 3. The molecule has 0 aliphatic carbocycles. The standard InChI is InChI=1S/C12H17NO3S/c1-8-5-13(9(2)12(14)15)6-11(16-8)10-3-4-17-7-10/h3-4,7-9,11H,5-6H2,1-2H3,(H,14,15)/t8-,9-,11+/m1/s1. The van der Waals surface area contributed by atoms with Gasteiger partial charge in [-0.1, -0.05) is 0 Å². The summed E-state index contributed by atoms with van der Waals surface area (Å²) in [7, 11) is 0. The Morgan fingerprint density at radius 3 is 3.00 bits per heavy atom. The van der Waals surface area contributed by atoms with Crippen LogP contribution in [0.1, 0.15) is 25.5 Å². The van der Waals surface area contributed by atoms with Crippen molar-refractivity contribution in [2.45, 2.75) is 32.1 Å². The van der Waals surface area contributed by atoms with Gasteiger partial charge >= 0.3 is 5.97 Å². The Hall–Kier alpha value is -0.910. The highest BCUT2D eigenvalue weighted by Gasteiger charge is 2.31. The molecule has 0 saturated carbocycles. The van der Waals surface area contributed by atoms with E-state index in [9.17, 15) is 4.79 Å². The molecule has 1 aliphatic heterocycles. The first-order valence-electron chi connectivity index (χ1n) is 5.72. The predicted molar refractivity (Wildman–Crippen MR) is 66.3 cm³/mol. The topological polar surface area (TPSA) is 49.8 Å². The maximum atomic E-state index is 11.0. The summed E-state index contributed by atoms with van der Waals surface area (Å²) in [4.78, 5) is 13.0. The lowest BCUT2D eigenvalue weighted by Gasteiger charge is -2.38. The minimum atomic E-state index is -0.775. The van der Waals surface area contributed by atoms with Crippen molar-refractivity contribution in [3.05, 3.63) is 22.4 Å². The fourth-order valence-corrected chi connectivity index (χ4v) is 2.80. The Labute approximate surface area is 105 Å². The first kappa shape index (κ1) is 12.5. The van der Waals surface area contributed by atoms with Crippen LogP contribution in [0, 0.1) is 0 Å². The highest BCUT2D eigenvalue weighted by Crippen LogP contribution is 2.27. The Morgan fingerprint density at radius 1 is 1.65 bits per heavy atom. The first-order valence-corrected chi connectivity index (χ1v) is 6.66. The molecule has 1 aromatic rings. The number of aliphatic carboxylic acids is 1. The second kappa shape index (κ2) is 5.16. The molecule has 0 bridgehead atoms. The van der Waals surface area contributed by atoms with Gasteiger partial charge in [-0.2, -0.15) is 11.3 Å². The van der Waals surface area contributed by atoms with Crippen molar-refractivity contribution in [2.24, 2.45) is 0 Å². The zero-order valence-corrected chi connectivity index (χ0v) is 10.8. The number of thiophene rings is 1. The summed E-state index contributed by atoms with van der Waals surface area (Å²) < 4.78 is 5.86. The quantitative estimate of drug-likeness (QED) is 0.897. The van der Waals surface area contributed by atoms with Gasteiger partial charge in [-0.05, 0) is 36.2 Å². The second-order valence-electron chi connectivity index (χ2n) is 4.46. The van der Waals surface area contributed by atoms with Crippen molar-refractivity contribution in [2.75, 3.05) is 13.1 Å². The van der Waals surface area contributed by atoms with Crippen LogP contribution in [-0.2, 0) is 9.53 Å². The Morgan fingerprint density at radius 2 is 2.41 bits per heavy atom. The molecule has 1 aromatic heterocycles. The van der Waals surface area contributed by atoms with E-state index in [-0.39, 0.29) is 12.2 Å². The fraction of sp³-hybridized carbons (Fsp3) is 0.583. The normalized spacial score (nSPS) is 27.9. The van der Waals surface area contributed by atoms with Crippen molar-refractivity contribution in [1.82, 2.24) is 4.90 Å². The molecule has 0 radical (unpaired) electrons.